The molecule has 192 valence electrons. The number of benzene rings is 3. The average molecular weight is 518 g/mol. The molecule has 0 atom stereocenters. The number of hydrogen-bond acceptors (Lipinski definition) is 5. The average Bonchev–Trinajstić information content (AvgIpc) is 3.37. The summed E-state index contributed by atoms with van der Waals surface area (Å²) >= 11 is 0. The van der Waals surface area contributed by atoms with Gasteiger partial charge in [-0.05, 0) is 48.0 Å². The van der Waals surface area contributed by atoms with Crippen molar-refractivity contribution in [1.82, 2.24) is 14.8 Å². The van der Waals surface area contributed by atoms with Crippen molar-refractivity contribution < 1.29 is 22.7 Å². The van der Waals surface area contributed by atoms with Crippen LogP contribution in [0.1, 0.15) is 21.6 Å². The van der Waals surface area contributed by atoms with E-state index in [9.17, 15) is 18.0 Å². The highest BCUT2D eigenvalue weighted by atomic mass is 19.4. The van der Waals surface area contributed by atoms with Crippen molar-refractivity contribution in [3.05, 3.63) is 108 Å². The molecule has 0 aliphatic carbocycles. The minimum atomic E-state index is -4.59. The molecular formula is C28H22F3N5O2. The van der Waals surface area contributed by atoms with Crippen molar-refractivity contribution in [2.24, 2.45) is 0 Å². The highest BCUT2D eigenvalue weighted by Crippen LogP contribution is 2.34. The summed E-state index contributed by atoms with van der Waals surface area (Å²) in [5, 5.41) is 10.6. The van der Waals surface area contributed by atoms with Crippen LogP contribution in [0.4, 0.5) is 30.2 Å². The maximum atomic E-state index is 13.4. The van der Waals surface area contributed by atoms with Crippen LogP contribution >= 0.6 is 0 Å². The van der Waals surface area contributed by atoms with Gasteiger partial charge in [0, 0.05) is 23.0 Å². The molecule has 0 radical (unpaired) electrons. The Bertz CT molecular complexity index is 1600. The van der Waals surface area contributed by atoms with Crippen molar-refractivity contribution in [3.63, 3.8) is 0 Å². The van der Waals surface area contributed by atoms with Crippen LogP contribution in [-0.4, -0.2) is 27.8 Å². The fourth-order valence-corrected chi connectivity index (χ4v) is 3.94. The number of pyridine rings is 1. The van der Waals surface area contributed by atoms with E-state index in [-0.39, 0.29) is 17.1 Å². The highest BCUT2D eigenvalue weighted by molar-refractivity contribution is 6.04. The third-order valence-electron chi connectivity index (χ3n) is 5.81. The zero-order valence-electron chi connectivity index (χ0n) is 20.2. The summed E-state index contributed by atoms with van der Waals surface area (Å²) in [7, 11) is 1.60. The molecule has 0 aliphatic rings. The van der Waals surface area contributed by atoms with E-state index in [0.717, 1.165) is 17.4 Å². The number of aromatic nitrogens is 3. The van der Waals surface area contributed by atoms with Gasteiger partial charge in [0.25, 0.3) is 5.91 Å². The lowest BCUT2D eigenvalue weighted by atomic mass is 10.1. The number of para-hydroxylation sites is 1. The van der Waals surface area contributed by atoms with Crippen molar-refractivity contribution in [2.75, 3.05) is 17.7 Å². The number of methoxy groups -OCH3 is 1. The summed E-state index contributed by atoms with van der Waals surface area (Å²) in [4.78, 5) is 16.6. The molecule has 0 saturated heterocycles. The van der Waals surface area contributed by atoms with Crippen LogP contribution in [0.3, 0.4) is 0 Å². The second-order valence-electron chi connectivity index (χ2n) is 8.50. The molecule has 5 rings (SSSR count). The number of carbonyl (C=O) groups is 1. The molecule has 0 unspecified atom stereocenters. The molecule has 10 heteroatoms. The summed E-state index contributed by atoms with van der Waals surface area (Å²) < 4.78 is 47.0. The minimum Gasteiger partial charge on any atom is -0.497 e. The van der Waals surface area contributed by atoms with E-state index < -0.39 is 11.9 Å². The zero-order chi connectivity index (χ0) is 26.7. The summed E-state index contributed by atoms with van der Waals surface area (Å²) in [5.41, 5.74) is 1.82. The third kappa shape index (κ3) is 5.59. The first-order valence-corrected chi connectivity index (χ1v) is 11.6. The van der Waals surface area contributed by atoms with E-state index in [1.165, 1.54) is 12.3 Å². The van der Waals surface area contributed by atoms with E-state index in [0.29, 0.717) is 28.9 Å². The number of anilines is 3. The molecule has 3 aromatic carbocycles. The molecule has 0 fully saturated rings. The lowest BCUT2D eigenvalue weighted by molar-refractivity contribution is -0.140. The maximum absolute atomic E-state index is 13.4. The molecule has 2 N–H and O–H groups in total. The Labute approximate surface area is 215 Å². The zero-order valence-corrected chi connectivity index (χ0v) is 20.2. The summed E-state index contributed by atoms with van der Waals surface area (Å²) in [6.07, 6.45) is -1.47. The number of ether oxygens (including phenoxy) is 1. The molecule has 2 heterocycles. The van der Waals surface area contributed by atoms with Crippen LogP contribution in [0.15, 0.2) is 91.3 Å². The van der Waals surface area contributed by atoms with Crippen molar-refractivity contribution >= 4 is 33.9 Å². The largest absolute Gasteiger partial charge is 0.497 e. The van der Waals surface area contributed by atoms with Gasteiger partial charge < -0.3 is 15.4 Å². The molecule has 5 aromatic rings. The van der Waals surface area contributed by atoms with Gasteiger partial charge in [0.2, 0.25) is 0 Å². The molecule has 0 aliphatic heterocycles. The smallest absolute Gasteiger partial charge is 0.433 e. The first-order chi connectivity index (χ1) is 18.3. The van der Waals surface area contributed by atoms with Crippen LogP contribution in [0, 0.1) is 0 Å². The molecule has 1 amide bonds. The Morgan fingerprint density at radius 2 is 1.74 bits per heavy atom. The van der Waals surface area contributed by atoms with Crippen LogP contribution in [0.2, 0.25) is 0 Å². The predicted octanol–water partition coefficient (Wildman–Crippen LogP) is 6.50. The molecular weight excluding hydrogens is 495 g/mol. The highest BCUT2D eigenvalue weighted by Gasteiger charge is 2.33. The molecule has 0 spiro atoms. The van der Waals surface area contributed by atoms with E-state index in [4.69, 9.17) is 4.74 Å². The van der Waals surface area contributed by atoms with E-state index in [1.807, 2.05) is 24.3 Å². The Morgan fingerprint density at radius 1 is 0.974 bits per heavy atom. The number of fused-ring (bicyclic) bond motifs is 1. The predicted molar refractivity (Wildman–Crippen MR) is 139 cm³/mol. The fraction of sp³-hybridized carbons (Fsp3) is 0.107. The molecule has 7 nitrogen and oxygen atoms in total. The first kappa shape index (κ1) is 24.8. The fourth-order valence-electron chi connectivity index (χ4n) is 3.94. The Morgan fingerprint density at radius 3 is 2.50 bits per heavy atom. The van der Waals surface area contributed by atoms with Gasteiger partial charge in [-0.3, -0.25) is 9.48 Å². The van der Waals surface area contributed by atoms with Gasteiger partial charge in [-0.1, -0.05) is 36.4 Å². The first-order valence-electron chi connectivity index (χ1n) is 11.6. The number of carbonyl (C=O) groups excluding carboxylic acids is 1. The van der Waals surface area contributed by atoms with Crippen LogP contribution in [0.25, 0.3) is 10.9 Å². The number of rotatable bonds is 7. The number of amides is 1. The Kier molecular flexibility index (Phi) is 6.69. The van der Waals surface area contributed by atoms with E-state index >= 15 is 0 Å². The number of halogens is 3. The quantitative estimate of drug-likeness (QED) is 0.258. The number of alkyl halides is 3. The van der Waals surface area contributed by atoms with E-state index in [2.05, 4.69) is 20.7 Å². The van der Waals surface area contributed by atoms with Crippen molar-refractivity contribution in [3.8, 4) is 5.75 Å². The Balaban J connectivity index is 1.31. The van der Waals surface area contributed by atoms with Gasteiger partial charge >= 0.3 is 6.18 Å². The second kappa shape index (κ2) is 10.3. The van der Waals surface area contributed by atoms with Crippen LogP contribution < -0.4 is 15.4 Å². The molecule has 0 bridgehead atoms. The van der Waals surface area contributed by atoms with Gasteiger partial charge in [0.05, 0.1) is 36.6 Å². The van der Waals surface area contributed by atoms with Crippen molar-refractivity contribution in [2.45, 2.75) is 12.7 Å². The SMILES string of the molecule is COc1ccc(Cn2cc(C(=O)Nc3cccc(Nc4cc(C(F)(F)F)nc5ccccc45)c3)cn2)cc1. The van der Waals surface area contributed by atoms with Gasteiger partial charge in [-0.25, -0.2) is 4.98 Å². The van der Waals surface area contributed by atoms with Crippen LogP contribution in [0.5, 0.6) is 5.75 Å². The molecule has 38 heavy (non-hydrogen) atoms. The summed E-state index contributed by atoms with van der Waals surface area (Å²) in [5.74, 6) is 0.390. The van der Waals surface area contributed by atoms with Crippen molar-refractivity contribution in [1.29, 1.82) is 0 Å². The molecule has 2 aromatic heterocycles. The second-order valence-corrected chi connectivity index (χ2v) is 8.50. The van der Waals surface area contributed by atoms with Gasteiger partial charge in [0.15, 0.2) is 0 Å². The number of nitrogens with one attached hydrogen (secondary N) is 2. The maximum Gasteiger partial charge on any atom is 0.433 e. The van der Waals surface area contributed by atoms with Crippen LogP contribution in [-0.2, 0) is 12.7 Å². The monoisotopic (exact) mass is 517 g/mol. The topological polar surface area (TPSA) is 81.1 Å². The minimum absolute atomic E-state index is 0.223. The number of nitrogens with zero attached hydrogens (tertiary/aromatic N) is 3. The summed E-state index contributed by atoms with van der Waals surface area (Å²) in [6.45, 7) is 0.483. The lowest BCUT2D eigenvalue weighted by Gasteiger charge is -2.14. The standard InChI is InChI=1S/C28H22F3N5O2/c1-38-22-11-9-18(10-12-22)16-36-17-19(15-32-36)27(37)34-21-6-4-5-20(13-21)33-25-14-26(28(29,30)31)35-24-8-3-2-7-23(24)25/h2-15,17H,16H2,1H3,(H,33,35)(H,34,37). The summed E-state index contributed by atoms with van der Waals surface area (Å²) in [6, 6.07) is 21.8. The third-order valence-corrected chi connectivity index (χ3v) is 5.81. The normalized spacial score (nSPS) is 11.4. The van der Waals surface area contributed by atoms with Gasteiger partial charge in [-0.2, -0.15) is 18.3 Å². The van der Waals surface area contributed by atoms with E-state index in [1.54, 1.807) is 60.5 Å². The number of hydrogen-bond donors (Lipinski definition) is 2. The Hall–Kier alpha value is -4.86. The lowest BCUT2D eigenvalue weighted by Crippen LogP contribution is -2.11. The van der Waals surface area contributed by atoms with Gasteiger partial charge in [0.1, 0.15) is 11.4 Å². The van der Waals surface area contributed by atoms with Gasteiger partial charge in [-0.15, -0.1) is 0 Å². The molecule has 0 saturated carbocycles.